The number of hydrogen-bond donors (Lipinski definition) is 3. The van der Waals surface area contributed by atoms with Crippen molar-refractivity contribution < 1.29 is 14.7 Å². The van der Waals surface area contributed by atoms with Gasteiger partial charge in [0.05, 0.1) is 18.9 Å². The van der Waals surface area contributed by atoms with Crippen molar-refractivity contribution >= 4 is 11.9 Å². The first-order valence-electron chi connectivity index (χ1n) is 5.52. The van der Waals surface area contributed by atoms with E-state index in [1.54, 1.807) is 0 Å². The van der Waals surface area contributed by atoms with Crippen LogP contribution in [-0.2, 0) is 6.54 Å². The minimum Gasteiger partial charge on any atom is -0.476 e. The Morgan fingerprint density at radius 3 is 2.80 bits per heavy atom. The maximum atomic E-state index is 11.6. The summed E-state index contributed by atoms with van der Waals surface area (Å²) >= 11 is 0. The first-order valence-corrected chi connectivity index (χ1v) is 5.52. The molecule has 10 nitrogen and oxygen atoms in total. The molecular weight excluding hydrogens is 268 g/mol. The van der Waals surface area contributed by atoms with E-state index in [4.69, 9.17) is 5.11 Å². The van der Waals surface area contributed by atoms with Crippen molar-refractivity contribution in [2.24, 2.45) is 0 Å². The average Bonchev–Trinajstić information content (AvgIpc) is 2.88. The largest absolute Gasteiger partial charge is 0.476 e. The lowest BCUT2D eigenvalue weighted by Crippen LogP contribution is -2.28. The van der Waals surface area contributed by atoms with E-state index in [-0.39, 0.29) is 24.5 Å². The SMILES string of the molecule is O=C(O)c1cn(CCNC(=O)c2c[nH]c(=O)cn2)nn1. The summed E-state index contributed by atoms with van der Waals surface area (Å²) in [5.41, 5.74) is -0.488. The molecule has 0 aliphatic rings. The predicted molar refractivity (Wildman–Crippen MR) is 64.2 cm³/mol. The van der Waals surface area contributed by atoms with Gasteiger partial charge in [0.15, 0.2) is 5.69 Å². The molecule has 2 aromatic rings. The minimum atomic E-state index is -1.17. The van der Waals surface area contributed by atoms with E-state index in [2.05, 4.69) is 25.6 Å². The zero-order valence-corrected chi connectivity index (χ0v) is 10.1. The smallest absolute Gasteiger partial charge is 0.358 e. The Morgan fingerprint density at radius 2 is 2.20 bits per heavy atom. The minimum absolute atomic E-state index is 0.0782. The molecule has 0 aromatic carbocycles. The van der Waals surface area contributed by atoms with Gasteiger partial charge in [0.2, 0.25) is 0 Å². The molecule has 0 radical (unpaired) electrons. The quantitative estimate of drug-likeness (QED) is 0.603. The van der Waals surface area contributed by atoms with Crippen LogP contribution in [0.5, 0.6) is 0 Å². The predicted octanol–water partition coefficient (Wildman–Crippen LogP) is -1.51. The number of carbonyl (C=O) groups is 2. The van der Waals surface area contributed by atoms with Crippen molar-refractivity contribution in [3.05, 3.63) is 40.3 Å². The lowest BCUT2D eigenvalue weighted by atomic mass is 10.4. The van der Waals surface area contributed by atoms with Gasteiger partial charge in [0.1, 0.15) is 5.69 Å². The summed E-state index contributed by atoms with van der Waals surface area (Å²) in [6, 6.07) is 0. The third kappa shape index (κ3) is 3.25. The monoisotopic (exact) mass is 278 g/mol. The summed E-state index contributed by atoms with van der Waals surface area (Å²) in [4.78, 5) is 39.0. The molecule has 1 amide bonds. The summed E-state index contributed by atoms with van der Waals surface area (Å²) in [6.45, 7) is 0.470. The average molecular weight is 278 g/mol. The van der Waals surface area contributed by atoms with Crippen LogP contribution < -0.4 is 10.9 Å². The fourth-order valence-corrected chi connectivity index (χ4v) is 1.35. The van der Waals surface area contributed by atoms with Crippen LogP contribution in [0.25, 0.3) is 0 Å². The Morgan fingerprint density at radius 1 is 1.40 bits per heavy atom. The van der Waals surface area contributed by atoms with Crippen molar-refractivity contribution in [1.82, 2.24) is 30.3 Å². The van der Waals surface area contributed by atoms with Crippen LogP contribution in [0.2, 0.25) is 0 Å². The van der Waals surface area contributed by atoms with Gasteiger partial charge in [0.25, 0.3) is 11.5 Å². The molecule has 2 aromatic heterocycles. The third-order valence-electron chi connectivity index (χ3n) is 2.29. The van der Waals surface area contributed by atoms with Crippen LogP contribution in [0, 0.1) is 0 Å². The van der Waals surface area contributed by atoms with Crippen molar-refractivity contribution in [3.63, 3.8) is 0 Å². The van der Waals surface area contributed by atoms with E-state index < -0.39 is 17.4 Å². The fourth-order valence-electron chi connectivity index (χ4n) is 1.35. The van der Waals surface area contributed by atoms with Gasteiger partial charge in [0, 0.05) is 12.7 Å². The number of nitrogens with one attached hydrogen (secondary N) is 2. The molecule has 10 heteroatoms. The summed E-state index contributed by atoms with van der Waals surface area (Å²) in [5, 5.41) is 18.2. The van der Waals surface area contributed by atoms with Crippen LogP contribution in [-0.4, -0.2) is 48.5 Å². The number of H-pyrrole nitrogens is 1. The number of rotatable bonds is 5. The standard InChI is InChI=1S/C10H10N6O4/c17-8-4-12-6(3-13-8)9(18)11-1-2-16-5-7(10(19)20)14-15-16/h3-5H,1-2H2,(H,11,18)(H,13,17)(H,19,20). The van der Waals surface area contributed by atoms with E-state index in [9.17, 15) is 14.4 Å². The molecule has 20 heavy (non-hydrogen) atoms. The number of amides is 1. The topological polar surface area (TPSA) is 143 Å². The van der Waals surface area contributed by atoms with Gasteiger partial charge in [-0.15, -0.1) is 5.10 Å². The zero-order chi connectivity index (χ0) is 14.5. The van der Waals surface area contributed by atoms with Crippen LogP contribution in [0.3, 0.4) is 0 Å². The van der Waals surface area contributed by atoms with E-state index in [1.165, 1.54) is 17.1 Å². The van der Waals surface area contributed by atoms with Gasteiger partial charge in [-0.05, 0) is 0 Å². The molecule has 0 unspecified atom stereocenters. The number of aromatic amines is 1. The first-order chi connectivity index (χ1) is 9.56. The van der Waals surface area contributed by atoms with Crippen LogP contribution >= 0.6 is 0 Å². The van der Waals surface area contributed by atoms with Crippen molar-refractivity contribution in [2.75, 3.05) is 6.54 Å². The van der Waals surface area contributed by atoms with E-state index in [0.29, 0.717) is 0 Å². The van der Waals surface area contributed by atoms with E-state index >= 15 is 0 Å². The second-order valence-corrected chi connectivity index (χ2v) is 3.72. The highest BCUT2D eigenvalue weighted by Gasteiger charge is 2.09. The molecule has 0 saturated carbocycles. The molecule has 0 spiro atoms. The number of carbonyl (C=O) groups excluding carboxylic acids is 1. The Kier molecular flexibility index (Phi) is 3.84. The van der Waals surface area contributed by atoms with Gasteiger partial charge in [-0.1, -0.05) is 5.21 Å². The normalized spacial score (nSPS) is 10.2. The van der Waals surface area contributed by atoms with Gasteiger partial charge >= 0.3 is 5.97 Å². The Hall–Kier alpha value is -3.04. The summed E-state index contributed by atoms with van der Waals surface area (Å²) < 4.78 is 1.30. The molecule has 0 aliphatic carbocycles. The molecule has 3 N–H and O–H groups in total. The highest BCUT2D eigenvalue weighted by molar-refractivity contribution is 5.91. The number of carboxylic acids is 1. The molecule has 2 heterocycles. The molecule has 0 bridgehead atoms. The maximum absolute atomic E-state index is 11.6. The molecule has 2 rings (SSSR count). The highest BCUT2D eigenvalue weighted by atomic mass is 16.4. The Labute approximate surface area is 111 Å². The van der Waals surface area contributed by atoms with Crippen molar-refractivity contribution in [3.8, 4) is 0 Å². The first kappa shape index (κ1) is 13.4. The summed E-state index contributed by atoms with van der Waals surface area (Å²) in [6.07, 6.45) is 3.47. The van der Waals surface area contributed by atoms with Gasteiger partial charge < -0.3 is 15.4 Å². The van der Waals surface area contributed by atoms with E-state index in [0.717, 1.165) is 6.20 Å². The summed E-state index contributed by atoms with van der Waals surface area (Å²) in [7, 11) is 0. The number of aromatic carboxylic acids is 1. The number of aromatic nitrogens is 5. The van der Waals surface area contributed by atoms with Crippen molar-refractivity contribution in [1.29, 1.82) is 0 Å². The molecule has 0 saturated heterocycles. The van der Waals surface area contributed by atoms with Gasteiger partial charge in [-0.3, -0.25) is 9.59 Å². The van der Waals surface area contributed by atoms with Crippen LogP contribution in [0.1, 0.15) is 21.0 Å². The Bertz CT molecular complexity index is 671. The molecule has 0 aliphatic heterocycles. The Balaban J connectivity index is 1.86. The molecular formula is C10H10N6O4. The maximum Gasteiger partial charge on any atom is 0.358 e. The number of carboxylic acid groups (broad SMARTS) is 1. The number of nitrogens with zero attached hydrogens (tertiary/aromatic N) is 4. The van der Waals surface area contributed by atoms with Gasteiger partial charge in [-0.2, -0.15) is 0 Å². The lowest BCUT2D eigenvalue weighted by molar-refractivity contribution is 0.0690. The molecule has 0 fully saturated rings. The number of hydrogen-bond acceptors (Lipinski definition) is 6. The molecule has 0 atom stereocenters. The zero-order valence-electron chi connectivity index (χ0n) is 10.1. The summed E-state index contributed by atoms with van der Waals surface area (Å²) in [5.74, 6) is -1.63. The fraction of sp³-hybridized carbons (Fsp3) is 0.200. The van der Waals surface area contributed by atoms with Gasteiger partial charge in [-0.25, -0.2) is 14.5 Å². The second-order valence-electron chi connectivity index (χ2n) is 3.72. The highest BCUT2D eigenvalue weighted by Crippen LogP contribution is 1.92. The van der Waals surface area contributed by atoms with Crippen LogP contribution in [0.4, 0.5) is 0 Å². The van der Waals surface area contributed by atoms with Crippen molar-refractivity contribution in [2.45, 2.75) is 6.54 Å². The van der Waals surface area contributed by atoms with Crippen LogP contribution in [0.15, 0.2) is 23.4 Å². The molecule has 104 valence electrons. The third-order valence-corrected chi connectivity index (χ3v) is 2.29. The second kappa shape index (κ2) is 5.73. The van der Waals surface area contributed by atoms with E-state index in [1.807, 2.05) is 0 Å². The lowest BCUT2D eigenvalue weighted by Gasteiger charge is -2.03.